The number of nitrogens with zero attached hydrogens (tertiary/aromatic N) is 2. The second-order valence-corrected chi connectivity index (χ2v) is 5.63. The van der Waals surface area contributed by atoms with E-state index in [4.69, 9.17) is 4.74 Å². The molecule has 18 heavy (non-hydrogen) atoms. The van der Waals surface area contributed by atoms with Crippen molar-refractivity contribution in [1.29, 1.82) is 0 Å². The van der Waals surface area contributed by atoms with Gasteiger partial charge >= 0.3 is 0 Å². The lowest BCUT2D eigenvalue weighted by Crippen LogP contribution is -2.13. The molecular formula is C12H14BrN3OS. The van der Waals surface area contributed by atoms with Gasteiger partial charge in [-0.2, -0.15) is 0 Å². The molecule has 0 saturated carbocycles. The molecular weight excluding hydrogens is 314 g/mol. The van der Waals surface area contributed by atoms with Gasteiger partial charge in [-0.1, -0.05) is 39.3 Å². The number of ether oxygens (including phenoxy) is 1. The Morgan fingerprint density at radius 2 is 2.06 bits per heavy atom. The quantitative estimate of drug-likeness (QED) is 0.823. The fraction of sp³-hybridized carbons (Fsp3) is 0.333. The van der Waals surface area contributed by atoms with Gasteiger partial charge in [0.2, 0.25) is 0 Å². The number of hydrogen-bond donors (Lipinski definition) is 1. The lowest BCUT2D eigenvalue weighted by molar-refractivity contribution is 0.473. The van der Waals surface area contributed by atoms with Crippen LogP contribution in [-0.2, 0) is 6.54 Å². The minimum Gasteiger partial charge on any atom is -0.430 e. The number of hydrogen-bond acceptors (Lipinski definition) is 5. The van der Waals surface area contributed by atoms with Crippen LogP contribution in [0.25, 0.3) is 0 Å². The molecule has 0 atom stereocenters. The van der Waals surface area contributed by atoms with Crippen LogP contribution in [0.1, 0.15) is 18.4 Å². The van der Waals surface area contributed by atoms with Crippen LogP contribution in [-0.4, -0.2) is 16.7 Å². The standard InChI is InChI=1S/C12H14BrN3OS/c1-2-7-14-8-11-15-16-12(18-11)17-10-5-3-9(13)4-6-10/h3-6,14H,2,7-8H2,1H3. The van der Waals surface area contributed by atoms with E-state index in [-0.39, 0.29) is 0 Å². The lowest BCUT2D eigenvalue weighted by atomic mass is 10.3. The highest BCUT2D eigenvalue weighted by Gasteiger charge is 2.05. The van der Waals surface area contributed by atoms with Gasteiger partial charge in [-0.25, -0.2) is 0 Å². The summed E-state index contributed by atoms with van der Waals surface area (Å²) in [6.07, 6.45) is 1.11. The summed E-state index contributed by atoms with van der Waals surface area (Å²) in [5.74, 6) is 0.766. The van der Waals surface area contributed by atoms with Gasteiger partial charge in [0, 0.05) is 11.0 Å². The maximum absolute atomic E-state index is 5.62. The molecule has 0 amide bonds. The van der Waals surface area contributed by atoms with Crippen LogP contribution in [0.15, 0.2) is 28.7 Å². The Balaban J connectivity index is 1.91. The molecule has 0 aliphatic heterocycles. The van der Waals surface area contributed by atoms with Crippen molar-refractivity contribution < 1.29 is 4.74 Å². The molecule has 96 valence electrons. The van der Waals surface area contributed by atoms with Crippen molar-refractivity contribution in [3.63, 3.8) is 0 Å². The molecule has 0 fully saturated rings. The summed E-state index contributed by atoms with van der Waals surface area (Å²) in [5, 5.41) is 12.9. The average Bonchev–Trinajstić information content (AvgIpc) is 2.80. The third kappa shape index (κ3) is 4.04. The van der Waals surface area contributed by atoms with Crippen LogP contribution in [0, 0.1) is 0 Å². The second-order valence-electron chi connectivity index (χ2n) is 3.69. The Hall–Kier alpha value is -0.980. The first kappa shape index (κ1) is 13.5. The Labute approximate surface area is 119 Å². The highest BCUT2D eigenvalue weighted by molar-refractivity contribution is 9.10. The Morgan fingerprint density at radius 3 is 2.78 bits per heavy atom. The van der Waals surface area contributed by atoms with Gasteiger partial charge in [0.15, 0.2) is 0 Å². The van der Waals surface area contributed by atoms with E-state index < -0.39 is 0 Å². The zero-order valence-electron chi connectivity index (χ0n) is 10.0. The molecule has 2 rings (SSSR count). The number of aromatic nitrogens is 2. The smallest absolute Gasteiger partial charge is 0.299 e. The van der Waals surface area contributed by atoms with Crippen LogP contribution in [0.4, 0.5) is 0 Å². The summed E-state index contributed by atoms with van der Waals surface area (Å²) >= 11 is 4.84. The molecule has 1 heterocycles. The van der Waals surface area contributed by atoms with Crippen LogP contribution < -0.4 is 10.1 Å². The van der Waals surface area contributed by atoms with Crippen LogP contribution in [0.3, 0.4) is 0 Å². The van der Waals surface area contributed by atoms with Gasteiger partial charge < -0.3 is 10.1 Å². The van der Waals surface area contributed by atoms with Crippen molar-refractivity contribution in [3.8, 4) is 10.9 Å². The second kappa shape index (κ2) is 6.82. The fourth-order valence-electron chi connectivity index (χ4n) is 1.33. The SMILES string of the molecule is CCCNCc1nnc(Oc2ccc(Br)cc2)s1. The summed E-state index contributed by atoms with van der Waals surface area (Å²) in [6.45, 7) is 3.87. The fourth-order valence-corrected chi connectivity index (χ4v) is 2.27. The highest BCUT2D eigenvalue weighted by atomic mass is 79.9. The minimum absolute atomic E-state index is 0.575. The predicted molar refractivity (Wildman–Crippen MR) is 76.1 cm³/mol. The van der Waals surface area contributed by atoms with Crippen LogP contribution in [0.5, 0.6) is 10.9 Å². The first-order chi connectivity index (χ1) is 8.78. The van der Waals surface area contributed by atoms with Crippen molar-refractivity contribution in [2.45, 2.75) is 19.9 Å². The molecule has 1 N–H and O–H groups in total. The molecule has 6 heteroatoms. The molecule has 1 aromatic heterocycles. The topological polar surface area (TPSA) is 47.0 Å². The Morgan fingerprint density at radius 1 is 1.28 bits per heavy atom. The molecule has 2 aromatic rings. The number of halogens is 1. The first-order valence-corrected chi connectivity index (χ1v) is 7.35. The summed E-state index contributed by atoms with van der Waals surface area (Å²) < 4.78 is 6.64. The van der Waals surface area contributed by atoms with Crippen molar-refractivity contribution in [3.05, 3.63) is 33.7 Å². The highest BCUT2D eigenvalue weighted by Crippen LogP contribution is 2.25. The molecule has 0 radical (unpaired) electrons. The van der Waals surface area contributed by atoms with Crippen molar-refractivity contribution in [1.82, 2.24) is 15.5 Å². The molecule has 0 saturated heterocycles. The third-order valence-electron chi connectivity index (χ3n) is 2.17. The Kier molecular flexibility index (Phi) is 5.10. The normalized spacial score (nSPS) is 10.6. The molecule has 0 bridgehead atoms. The van der Waals surface area contributed by atoms with E-state index in [1.165, 1.54) is 11.3 Å². The molecule has 4 nitrogen and oxygen atoms in total. The van der Waals surface area contributed by atoms with E-state index in [0.717, 1.165) is 34.7 Å². The van der Waals surface area contributed by atoms with Gasteiger partial charge in [-0.05, 0) is 37.2 Å². The Bertz CT molecular complexity index is 486. The largest absolute Gasteiger partial charge is 0.430 e. The van der Waals surface area contributed by atoms with Gasteiger partial charge in [-0.3, -0.25) is 0 Å². The predicted octanol–water partition coefficient (Wildman–Crippen LogP) is 3.59. The lowest BCUT2D eigenvalue weighted by Gasteiger charge is -2.00. The van der Waals surface area contributed by atoms with E-state index >= 15 is 0 Å². The van der Waals surface area contributed by atoms with Crippen molar-refractivity contribution in [2.24, 2.45) is 0 Å². The van der Waals surface area contributed by atoms with E-state index in [0.29, 0.717) is 5.19 Å². The summed E-state index contributed by atoms with van der Waals surface area (Å²) in [7, 11) is 0. The van der Waals surface area contributed by atoms with E-state index in [1.807, 2.05) is 24.3 Å². The monoisotopic (exact) mass is 327 g/mol. The zero-order valence-corrected chi connectivity index (χ0v) is 12.4. The van der Waals surface area contributed by atoms with E-state index in [1.54, 1.807) is 0 Å². The zero-order chi connectivity index (χ0) is 12.8. The van der Waals surface area contributed by atoms with Crippen molar-refractivity contribution >= 4 is 27.3 Å². The first-order valence-electron chi connectivity index (χ1n) is 5.74. The summed E-state index contributed by atoms with van der Waals surface area (Å²) in [4.78, 5) is 0. The van der Waals surface area contributed by atoms with E-state index in [9.17, 15) is 0 Å². The van der Waals surface area contributed by atoms with Gasteiger partial charge in [0.25, 0.3) is 5.19 Å². The maximum atomic E-state index is 5.62. The van der Waals surface area contributed by atoms with Gasteiger partial charge in [0.05, 0.1) is 0 Å². The maximum Gasteiger partial charge on any atom is 0.299 e. The third-order valence-corrected chi connectivity index (χ3v) is 3.50. The van der Waals surface area contributed by atoms with Crippen LogP contribution in [0.2, 0.25) is 0 Å². The number of nitrogens with one attached hydrogen (secondary N) is 1. The minimum atomic E-state index is 0.575. The van der Waals surface area contributed by atoms with Gasteiger partial charge in [-0.15, -0.1) is 5.10 Å². The van der Waals surface area contributed by atoms with Crippen LogP contribution >= 0.6 is 27.3 Å². The molecule has 0 aliphatic carbocycles. The molecule has 0 unspecified atom stereocenters. The summed E-state index contributed by atoms with van der Waals surface area (Å²) in [6, 6.07) is 7.64. The summed E-state index contributed by atoms with van der Waals surface area (Å²) in [5.41, 5.74) is 0. The van der Waals surface area contributed by atoms with Crippen molar-refractivity contribution in [2.75, 3.05) is 6.54 Å². The molecule has 1 aromatic carbocycles. The average molecular weight is 328 g/mol. The number of benzene rings is 1. The molecule has 0 spiro atoms. The van der Waals surface area contributed by atoms with Gasteiger partial charge in [0.1, 0.15) is 10.8 Å². The number of rotatable bonds is 6. The molecule has 0 aliphatic rings. The van der Waals surface area contributed by atoms with E-state index in [2.05, 4.69) is 38.4 Å².